The second-order valence-electron chi connectivity index (χ2n) is 9.59. The van der Waals surface area contributed by atoms with E-state index < -0.39 is 8.07 Å². The Kier molecular flexibility index (Phi) is 8.92. The van der Waals surface area contributed by atoms with Crippen molar-refractivity contribution >= 4 is 42.7 Å². The molecule has 2 aromatic heterocycles. The van der Waals surface area contributed by atoms with Crippen LogP contribution in [0.4, 0.5) is 10.6 Å². The number of benzene rings is 1. The molecule has 3 rings (SSSR count). The van der Waals surface area contributed by atoms with Gasteiger partial charge in [0.05, 0.1) is 5.39 Å². The number of nitrogens with zero attached hydrogens (tertiary/aromatic N) is 3. The molecule has 184 valence electrons. The first-order chi connectivity index (χ1) is 16.7. The maximum absolute atomic E-state index is 12.6. The number of amides is 2. The van der Waals surface area contributed by atoms with Gasteiger partial charge in [-0.2, -0.15) is 0 Å². The number of carbonyl (C=O) groups is 1. The van der Waals surface area contributed by atoms with Crippen LogP contribution in [0.15, 0.2) is 47.8 Å². The number of hydrogen-bond acceptors (Lipinski definition) is 5. The van der Waals surface area contributed by atoms with E-state index in [1.54, 1.807) is 6.20 Å². The third-order valence-electron chi connectivity index (χ3n) is 6.54. The SMILES string of the molecule is CSc1ncc2c(C#C[Si](C(C)C)(C(C)C)C(C)C)cc(NC(=O)NCc3ccccc3)nc2n1. The van der Waals surface area contributed by atoms with E-state index in [0.29, 0.717) is 39.8 Å². The number of aromatic nitrogens is 3. The van der Waals surface area contributed by atoms with E-state index in [0.717, 1.165) is 16.5 Å². The van der Waals surface area contributed by atoms with Crippen molar-refractivity contribution in [3.05, 3.63) is 53.7 Å². The van der Waals surface area contributed by atoms with Crippen LogP contribution in [0.1, 0.15) is 52.7 Å². The number of carbonyl (C=O) groups excluding carboxylic acids is 1. The molecule has 0 radical (unpaired) electrons. The highest BCUT2D eigenvalue weighted by Gasteiger charge is 2.41. The molecule has 0 spiro atoms. The first-order valence-electron chi connectivity index (χ1n) is 12.0. The molecule has 2 amide bonds. The van der Waals surface area contributed by atoms with E-state index in [-0.39, 0.29) is 6.03 Å². The zero-order valence-corrected chi connectivity index (χ0v) is 23.5. The molecule has 3 aromatic rings. The van der Waals surface area contributed by atoms with Gasteiger partial charge in [-0.3, -0.25) is 5.32 Å². The standard InChI is InChI=1S/C27H35N5OSSi/c1-18(2)35(19(3)4,20(5)6)14-13-22-15-24(30-25-23(22)17-29-27(32-25)34-7)31-26(33)28-16-21-11-9-8-10-12-21/h8-12,15,17-20H,16H2,1-7H3,(H2,28,29,30,31,32,33). The lowest BCUT2D eigenvalue weighted by atomic mass is 10.2. The number of thioether (sulfide) groups is 1. The van der Waals surface area contributed by atoms with Crippen molar-refractivity contribution in [2.45, 2.75) is 69.9 Å². The Morgan fingerprint density at radius 2 is 1.69 bits per heavy atom. The van der Waals surface area contributed by atoms with Crippen LogP contribution in [0.25, 0.3) is 11.0 Å². The van der Waals surface area contributed by atoms with Gasteiger partial charge in [-0.05, 0) is 34.5 Å². The van der Waals surface area contributed by atoms with Crippen LogP contribution in [-0.2, 0) is 6.54 Å². The van der Waals surface area contributed by atoms with E-state index in [1.807, 2.05) is 42.7 Å². The van der Waals surface area contributed by atoms with E-state index in [9.17, 15) is 4.79 Å². The maximum atomic E-state index is 12.6. The van der Waals surface area contributed by atoms with E-state index in [4.69, 9.17) is 0 Å². The number of rotatable bonds is 7. The fraction of sp³-hybridized carbons (Fsp3) is 0.407. The molecule has 8 heteroatoms. The molecule has 35 heavy (non-hydrogen) atoms. The summed E-state index contributed by atoms with van der Waals surface area (Å²) in [6.07, 6.45) is 3.71. The van der Waals surface area contributed by atoms with Crippen molar-refractivity contribution in [1.29, 1.82) is 0 Å². The van der Waals surface area contributed by atoms with Gasteiger partial charge in [-0.15, -0.1) is 5.54 Å². The van der Waals surface area contributed by atoms with Crippen LogP contribution >= 0.6 is 11.8 Å². The minimum absolute atomic E-state index is 0.325. The first kappa shape index (κ1) is 26.7. The van der Waals surface area contributed by atoms with E-state index in [2.05, 4.69) is 78.6 Å². The Hall–Kier alpha value is -2.89. The molecule has 0 saturated heterocycles. The number of urea groups is 1. The van der Waals surface area contributed by atoms with Gasteiger partial charge in [0.2, 0.25) is 0 Å². The predicted octanol–water partition coefficient (Wildman–Crippen LogP) is 6.64. The van der Waals surface area contributed by atoms with Crippen molar-refractivity contribution in [1.82, 2.24) is 20.3 Å². The van der Waals surface area contributed by atoms with Gasteiger partial charge in [0, 0.05) is 18.3 Å². The zero-order valence-electron chi connectivity index (χ0n) is 21.6. The van der Waals surface area contributed by atoms with Crippen LogP contribution in [0.5, 0.6) is 0 Å². The third kappa shape index (κ3) is 6.22. The summed E-state index contributed by atoms with van der Waals surface area (Å²) in [6, 6.07) is 11.3. The molecular formula is C27H35N5OSSi. The Morgan fingerprint density at radius 3 is 2.29 bits per heavy atom. The Labute approximate surface area is 214 Å². The van der Waals surface area contributed by atoms with Crippen molar-refractivity contribution in [3.63, 3.8) is 0 Å². The molecule has 2 heterocycles. The lowest BCUT2D eigenvalue weighted by Crippen LogP contribution is -2.43. The Balaban J connectivity index is 2.00. The van der Waals surface area contributed by atoms with Crippen LogP contribution in [-0.4, -0.2) is 35.3 Å². The molecule has 0 fully saturated rings. The number of pyridine rings is 1. The molecular weight excluding hydrogens is 470 g/mol. The van der Waals surface area contributed by atoms with E-state index in [1.165, 1.54) is 11.8 Å². The summed E-state index contributed by atoms with van der Waals surface area (Å²) < 4.78 is 0. The van der Waals surface area contributed by atoms with Gasteiger partial charge < -0.3 is 5.32 Å². The fourth-order valence-corrected chi connectivity index (χ4v) is 10.4. The van der Waals surface area contributed by atoms with Gasteiger partial charge in [-0.25, -0.2) is 19.7 Å². The van der Waals surface area contributed by atoms with Gasteiger partial charge in [-0.1, -0.05) is 89.6 Å². The third-order valence-corrected chi connectivity index (χ3v) is 13.4. The topological polar surface area (TPSA) is 79.8 Å². The highest BCUT2D eigenvalue weighted by molar-refractivity contribution is 7.98. The highest BCUT2D eigenvalue weighted by atomic mass is 32.2. The van der Waals surface area contributed by atoms with Gasteiger partial charge in [0.1, 0.15) is 13.9 Å². The number of hydrogen-bond donors (Lipinski definition) is 2. The lowest BCUT2D eigenvalue weighted by Gasteiger charge is -2.38. The van der Waals surface area contributed by atoms with Crippen LogP contribution in [0.3, 0.4) is 0 Å². The minimum Gasteiger partial charge on any atom is -0.334 e. The predicted molar refractivity (Wildman–Crippen MR) is 149 cm³/mol. The summed E-state index contributed by atoms with van der Waals surface area (Å²) in [4.78, 5) is 26.2. The zero-order chi connectivity index (χ0) is 25.6. The number of fused-ring (bicyclic) bond motifs is 1. The lowest BCUT2D eigenvalue weighted by molar-refractivity contribution is 0.251. The summed E-state index contributed by atoms with van der Waals surface area (Å²) in [5.74, 6) is 3.92. The maximum Gasteiger partial charge on any atom is 0.320 e. The Bertz CT molecular complexity index is 1210. The molecule has 1 aromatic carbocycles. The number of anilines is 1. The van der Waals surface area contributed by atoms with Crippen LogP contribution in [0, 0.1) is 11.5 Å². The van der Waals surface area contributed by atoms with Crippen molar-refractivity contribution in [2.75, 3.05) is 11.6 Å². The molecule has 0 bridgehead atoms. The van der Waals surface area contributed by atoms with Crippen LogP contribution < -0.4 is 10.6 Å². The molecule has 0 aliphatic heterocycles. The largest absolute Gasteiger partial charge is 0.334 e. The highest BCUT2D eigenvalue weighted by Crippen LogP contribution is 2.41. The van der Waals surface area contributed by atoms with Gasteiger partial charge >= 0.3 is 6.03 Å². The average molecular weight is 506 g/mol. The molecule has 0 aliphatic rings. The molecule has 0 aliphatic carbocycles. The summed E-state index contributed by atoms with van der Waals surface area (Å²) in [5, 5.41) is 7.17. The quantitative estimate of drug-likeness (QED) is 0.163. The van der Waals surface area contributed by atoms with Crippen molar-refractivity contribution in [2.24, 2.45) is 0 Å². The summed E-state index contributed by atoms with van der Waals surface area (Å²) in [7, 11) is -1.94. The smallest absolute Gasteiger partial charge is 0.320 e. The second kappa shape index (κ2) is 11.7. The number of nitrogens with one attached hydrogen (secondary N) is 2. The molecule has 2 N–H and O–H groups in total. The summed E-state index contributed by atoms with van der Waals surface area (Å²) in [5.41, 5.74) is 7.66. The monoisotopic (exact) mass is 505 g/mol. The molecule has 0 unspecified atom stereocenters. The summed E-state index contributed by atoms with van der Waals surface area (Å²) in [6.45, 7) is 14.2. The average Bonchev–Trinajstić information content (AvgIpc) is 2.82. The molecule has 0 atom stereocenters. The molecule has 6 nitrogen and oxygen atoms in total. The van der Waals surface area contributed by atoms with Crippen molar-refractivity contribution < 1.29 is 4.79 Å². The normalized spacial score (nSPS) is 11.6. The van der Waals surface area contributed by atoms with Gasteiger partial charge in [0.15, 0.2) is 10.8 Å². The second-order valence-corrected chi connectivity index (χ2v) is 15.9. The first-order valence-corrected chi connectivity index (χ1v) is 15.5. The minimum atomic E-state index is -1.94. The van der Waals surface area contributed by atoms with Crippen molar-refractivity contribution in [3.8, 4) is 11.5 Å². The Morgan fingerprint density at radius 1 is 1.03 bits per heavy atom. The van der Waals surface area contributed by atoms with Crippen LogP contribution in [0.2, 0.25) is 16.6 Å². The van der Waals surface area contributed by atoms with Gasteiger partial charge in [0.25, 0.3) is 0 Å². The summed E-state index contributed by atoms with van der Waals surface area (Å²) >= 11 is 1.45. The fourth-order valence-electron chi connectivity index (χ4n) is 4.81. The molecule has 0 saturated carbocycles. The van der Waals surface area contributed by atoms with E-state index >= 15 is 0 Å².